The van der Waals surface area contributed by atoms with Crippen molar-refractivity contribution in [2.24, 2.45) is 0 Å². The van der Waals surface area contributed by atoms with Crippen LogP contribution in [0.1, 0.15) is 122 Å². The van der Waals surface area contributed by atoms with E-state index in [1.165, 1.54) is 126 Å². The number of hydrogen-bond donors (Lipinski definition) is 0. The van der Waals surface area contributed by atoms with Gasteiger partial charge < -0.3 is 14.4 Å². The van der Waals surface area contributed by atoms with Crippen molar-refractivity contribution in [1.29, 1.82) is 0 Å². The van der Waals surface area contributed by atoms with Gasteiger partial charge in [-0.2, -0.15) is 0 Å². The zero-order chi connectivity index (χ0) is 25.3. The van der Waals surface area contributed by atoms with Crippen molar-refractivity contribution in [2.75, 3.05) is 27.2 Å². The van der Waals surface area contributed by atoms with Gasteiger partial charge in [0.1, 0.15) is 0 Å². The van der Waals surface area contributed by atoms with E-state index in [0.29, 0.717) is 0 Å². The molecule has 1 rings (SSSR count). The zero-order valence-electron chi connectivity index (χ0n) is 23.0. The Hall–Kier alpha value is -1.61. The van der Waals surface area contributed by atoms with Crippen molar-refractivity contribution in [2.45, 2.75) is 117 Å². The molecule has 196 valence electrons. The number of unbranched alkanes of at least 4 members (excludes halogenated alkanes) is 14. The predicted octanol–water partition coefficient (Wildman–Crippen LogP) is 7.79. The van der Waals surface area contributed by atoms with Gasteiger partial charge in [-0.15, -0.1) is 0 Å². The minimum absolute atomic E-state index is 0.858. The quantitative estimate of drug-likeness (QED) is 0.110. The van der Waals surface area contributed by atoms with Crippen LogP contribution in [0.5, 0.6) is 0 Å². The van der Waals surface area contributed by atoms with E-state index in [0.717, 1.165) is 11.6 Å². The Morgan fingerprint density at radius 1 is 0.676 bits per heavy atom. The second-order valence-electron chi connectivity index (χ2n) is 10.4. The van der Waals surface area contributed by atoms with Gasteiger partial charge in [0.25, 0.3) is 0 Å². The van der Waals surface area contributed by atoms with Gasteiger partial charge in [-0.25, -0.2) is 0 Å². The fourth-order valence-corrected chi connectivity index (χ4v) is 4.19. The highest BCUT2D eigenvalue weighted by atomic mass is 16.4. The van der Waals surface area contributed by atoms with E-state index in [4.69, 9.17) is 0 Å². The Morgan fingerprint density at radius 2 is 1.06 bits per heavy atom. The highest BCUT2D eigenvalue weighted by molar-refractivity contribution is 5.83. The topological polar surface area (TPSA) is 40.1 Å². The minimum Gasteiger partial charge on any atom is -0.545 e. The number of nitrogens with zero attached hydrogens (tertiary/aromatic N) is 1. The number of carbonyl (C=O) groups excluding carboxylic acids is 1. The summed E-state index contributed by atoms with van der Waals surface area (Å²) < 4.78 is 1.24. The van der Waals surface area contributed by atoms with Crippen molar-refractivity contribution in [1.82, 2.24) is 0 Å². The second-order valence-corrected chi connectivity index (χ2v) is 10.4. The Morgan fingerprint density at radius 3 is 1.44 bits per heavy atom. The van der Waals surface area contributed by atoms with Crippen molar-refractivity contribution in [3.63, 3.8) is 0 Å². The van der Waals surface area contributed by atoms with Crippen LogP contribution < -0.4 is 5.11 Å². The maximum absolute atomic E-state index is 9.97. The molecule has 0 saturated heterocycles. The maximum atomic E-state index is 9.97. The van der Waals surface area contributed by atoms with Gasteiger partial charge in [0.2, 0.25) is 0 Å². The monoisotopic (exact) mass is 473 g/mol. The predicted molar refractivity (Wildman–Crippen MR) is 148 cm³/mol. The Balaban J connectivity index is 0.000000818. The third-order valence-corrected chi connectivity index (χ3v) is 6.45. The summed E-state index contributed by atoms with van der Waals surface area (Å²) in [7, 11) is 4.87. The van der Waals surface area contributed by atoms with Crippen LogP contribution in [0.4, 0.5) is 0 Å². The van der Waals surface area contributed by atoms with Gasteiger partial charge in [-0.1, -0.05) is 127 Å². The Kier molecular flexibility index (Phi) is 22.1. The molecule has 0 bridgehead atoms. The molecule has 0 aliphatic carbocycles. The summed E-state index contributed by atoms with van der Waals surface area (Å²) in [4.78, 5) is 9.97. The Labute approximate surface area is 212 Å². The first kappa shape index (κ1) is 32.4. The maximum Gasteiger partial charge on any atom is 0.0782 e. The van der Waals surface area contributed by atoms with E-state index in [1.54, 1.807) is 0 Å². The average Bonchev–Trinajstić information content (AvgIpc) is 2.82. The summed E-state index contributed by atoms with van der Waals surface area (Å²) in [5.74, 6) is -1.17. The van der Waals surface area contributed by atoms with Crippen molar-refractivity contribution < 1.29 is 14.4 Å². The molecular formula is C31H55NO2. The number of quaternary nitrogens is 1. The van der Waals surface area contributed by atoms with Crippen LogP contribution in [0.2, 0.25) is 0 Å². The number of aliphatic carboxylic acids is 1. The van der Waals surface area contributed by atoms with Gasteiger partial charge >= 0.3 is 0 Å². The summed E-state index contributed by atoms with van der Waals surface area (Å²) >= 11 is 0. The van der Waals surface area contributed by atoms with Crippen LogP contribution in [0, 0.1) is 0 Å². The first-order valence-electron chi connectivity index (χ1n) is 14.2. The van der Waals surface area contributed by atoms with Gasteiger partial charge in [-0.3, -0.25) is 0 Å². The first-order valence-corrected chi connectivity index (χ1v) is 14.2. The van der Waals surface area contributed by atoms with Crippen LogP contribution in [0.3, 0.4) is 0 Å². The second kappa shape index (κ2) is 23.1. The molecule has 0 unspecified atom stereocenters. The van der Waals surface area contributed by atoms with Crippen LogP contribution in [0.15, 0.2) is 36.4 Å². The number of benzene rings is 1. The third-order valence-electron chi connectivity index (χ3n) is 6.45. The molecule has 0 aliphatic heterocycles. The lowest BCUT2D eigenvalue weighted by Gasteiger charge is -2.30. The van der Waals surface area contributed by atoms with Gasteiger partial charge in [-0.05, 0) is 37.3 Å². The number of carboxylic acid groups (broad SMARTS) is 1. The van der Waals surface area contributed by atoms with Crippen molar-refractivity contribution in [3.05, 3.63) is 42.0 Å². The molecule has 0 aromatic heterocycles. The molecule has 0 spiro atoms. The molecule has 0 aliphatic rings. The van der Waals surface area contributed by atoms with Gasteiger partial charge in [0.05, 0.1) is 33.2 Å². The molecule has 0 amide bonds. The van der Waals surface area contributed by atoms with E-state index in [1.807, 2.05) is 30.3 Å². The van der Waals surface area contributed by atoms with Crippen LogP contribution in [-0.2, 0) is 4.79 Å². The minimum atomic E-state index is -1.17. The molecule has 3 heteroatoms. The van der Waals surface area contributed by atoms with Gasteiger partial charge in [0.15, 0.2) is 0 Å². The molecule has 1 aromatic carbocycles. The first-order chi connectivity index (χ1) is 16.4. The van der Waals surface area contributed by atoms with Gasteiger partial charge in [0, 0.05) is 0 Å². The molecular weight excluding hydrogens is 418 g/mol. The molecule has 0 fully saturated rings. The molecule has 0 N–H and O–H groups in total. The summed E-state index contributed by atoms with van der Waals surface area (Å²) in [6.07, 6.45) is 25.5. The SMILES string of the molecule is CCCCCCCCCC[N+](C)(C)CCCCCCCCCC.O=C([O-])C=Cc1ccccc1. The van der Waals surface area contributed by atoms with Crippen molar-refractivity contribution >= 4 is 12.0 Å². The third kappa shape index (κ3) is 23.5. The van der Waals surface area contributed by atoms with Crippen LogP contribution in [0.25, 0.3) is 6.08 Å². The zero-order valence-corrected chi connectivity index (χ0v) is 23.0. The molecule has 3 nitrogen and oxygen atoms in total. The average molecular weight is 474 g/mol. The molecule has 0 heterocycles. The molecule has 1 aromatic rings. The van der Waals surface area contributed by atoms with E-state index in [9.17, 15) is 9.90 Å². The lowest BCUT2D eigenvalue weighted by atomic mass is 10.1. The normalized spacial score (nSPS) is 11.4. The number of rotatable bonds is 20. The molecule has 0 radical (unpaired) electrons. The van der Waals surface area contributed by atoms with E-state index in [-0.39, 0.29) is 0 Å². The smallest absolute Gasteiger partial charge is 0.0782 e. The Bertz CT molecular complexity index is 573. The molecule has 0 atom stereocenters. The fourth-order valence-electron chi connectivity index (χ4n) is 4.19. The summed E-state index contributed by atoms with van der Waals surface area (Å²) in [5.41, 5.74) is 0.858. The molecule has 34 heavy (non-hydrogen) atoms. The summed E-state index contributed by atoms with van der Waals surface area (Å²) in [5, 5.41) is 9.97. The number of carbonyl (C=O) groups is 1. The van der Waals surface area contributed by atoms with E-state index >= 15 is 0 Å². The largest absolute Gasteiger partial charge is 0.545 e. The van der Waals surface area contributed by atoms with E-state index < -0.39 is 5.97 Å². The molecule has 0 saturated carbocycles. The standard InChI is InChI=1S/C22H48N.C9H8O2/c1-5-7-9-11-13-15-17-19-21-23(3,4)22-20-18-16-14-12-10-8-6-2;10-9(11)7-6-8-4-2-1-3-5-8/h5-22H2,1-4H3;1-7H,(H,10,11)/q+1;/p-1. The number of carboxylic acids is 1. The highest BCUT2D eigenvalue weighted by Crippen LogP contribution is 2.13. The summed E-state index contributed by atoms with van der Waals surface area (Å²) in [6.45, 7) is 7.36. The van der Waals surface area contributed by atoms with Crippen LogP contribution >= 0.6 is 0 Å². The number of hydrogen-bond acceptors (Lipinski definition) is 2. The highest BCUT2D eigenvalue weighted by Gasteiger charge is 2.13. The van der Waals surface area contributed by atoms with E-state index in [2.05, 4.69) is 27.9 Å². The lowest BCUT2D eigenvalue weighted by Crippen LogP contribution is -2.41. The lowest BCUT2D eigenvalue weighted by molar-refractivity contribution is -0.890. The summed E-state index contributed by atoms with van der Waals surface area (Å²) in [6, 6.07) is 9.19. The van der Waals surface area contributed by atoms with Crippen molar-refractivity contribution in [3.8, 4) is 0 Å². The van der Waals surface area contributed by atoms with Crippen LogP contribution in [-0.4, -0.2) is 37.6 Å². The fraction of sp³-hybridized carbons (Fsp3) is 0.710.